The van der Waals surface area contributed by atoms with Crippen molar-refractivity contribution in [2.75, 3.05) is 0 Å². The summed E-state index contributed by atoms with van der Waals surface area (Å²) in [5, 5.41) is 22.6. The minimum Gasteiger partial charge on any atom is -0.506 e. The number of benzene rings is 2. The normalized spacial score (nSPS) is 12.4. The molecule has 1 aromatic heterocycles. The maximum atomic E-state index is 12.7. The highest BCUT2D eigenvalue weighted by Gasteiger charge is 2.30. The highest BCUT2D eigenvalue weighted by atomic mass is 35.5. The Balaban J connectivity index is 1.75. The van der Waals surface area contributed by atoms with E-state index in [-0.39, 0.29) is 15.8 Å². The molecule has 152 valence electrons. The third-order valence-electron chi connectivity index (χ3n) is 4.28. The van der Waals surface area contributed by atoms with Gasteiger partial charge in [-0.15, -0.1) is 11.3 Å². The van der Waals surface area contributed by atoms with Crippen LogP contribution in [0.25, 0.3) is 10.4 Å². The van der Waals surface area contributed by atoms with Crippen LogP contribution in [0.1, 0.15) is 22.4 Å². The Kier molecular flexibility index (Phi) is 6.41. The largest absolute Gasteiger partial charge is 0.506 e. The van der Waals surface area contributed by atoms with E-state index in [1.807, 2.05) is 0 Å². The molecule has 0 unspecified atom stereocenters. The van der Waals surface area contributed by atoms with Crippen molar-refractivity contribution in [2.24, 2.45) is 5.16 Å². The molecule has 0 bridgehead atoms. The number of rotatable bonds is 5. The van der Waals surface area contributed by atoms with Crippen LogP contribution in [0.5, 0.6) is 5.75 Å². The van der Waals surface area contributed by atoms with Gasteiger partial charge in [-0.3, -0.25) is 0 Å². The van der Waals surface area contributed by atoms with Crippen molar-refractivity contribution in [2.45, 2.75) is 19.0 Å². The monoisotopic (exact) mass is 459 g/mol. The summed E-state index contributed by atoms with van der Waals surface area (Å²) >= 11 is 13.4. The molecule has 1 heterocycles. The molecular weight excluding hydrogens is 446 g/mol. The van der Waals surface area contributed by atoms with Crippen LogP contribution in [-0.2, 0) is 12.6 Å². The van der Waals surface area contributed by atoms with Gasteiger partial charge in [0.1, 0.15) is 10.8 Å². The molecule has 3 nitrogen and oxygen atoms in total. The molecule has 0 aliphatic carbocycles. The molecule has 3 aromatic rings. The lowest BCUT2D eigenvalue weighted by molar-refractivity contribution is -0.137. The molecule has 3 rings (SSSR count). The molecule has 0 aliphatic rings. The lowest BCUT2D eigenvalue weighted by Crippen LogP contribution is -2.03. The van der Waals surface area contributed by atoms with Gasteiger partial charge in [-0.05, 0) is 54.3 Å². The summed E-state index contributed by atoms with van der Waals surface area (Å²) in [4.78, 5) is 1.43. The second-order valence-electron chi connectivity index (χ2n) is 6.16. The van der Waals surface area contributed by atoms with Gasteiger partial charge >= 0.3 is 6.18 Å². The van der Waals surface area contributed by atoms with Crippen molar-refractivity contribution in [1.29, 1.82) is 0 Å². The van der Waals surface area contributed by atoms with Crippen LogP contribution in [0.2, 0.25) is 10.0 Å². The minimum atomic E-state index is -4.38. The molecule has 0 spiro atoms. The Hall–Kier alpha value is -2.22. The molecule has 0 saturated carbocycles. The minimum absolute atomic E-state index is 0.0624. The number of aryl methyl sites for hydroxylation is 1. The highest BCUT2D eigenvalue weighted by Crippen LogP contribution is 2.36. The smallest absolute Gasteiger partial charge is 0.416 e. The van der Waals surface area contributed by atoms with Gasteiger partial charge in [-0.1, -0.05) is 46.6 Å². The first-order valence-electron chi connectivity index (χ1n) is 8.35. The number of alkyl halides is 3. The summed E-state index contributed by atoms with van der Waals surface area (Å²) in [6.45, 7) is 0. The van der Waals surface area contributed by atoms with E-state index in [0.29, 0.717) is 34.6 Å². The Bertz CT molecular complexity index is 1050. The second kappa shape index (κ2) is 8.65. The number of phenolic OH excluding ortho intramolecular Hbond substituents is 1. The Morgan fingerprint density at radius 3 is 2.28 bits per heavy atom. The first kappa shape index (κ1) is 21.5. The molecule has 9 heteroatoms. The number of halogens is 5. The van der Waals surface area contributed by atoms with E-state index in [1.165, 1.54) is 29.5 Å². The van der Waals surface area contributed by atoms with Gasteiger partial charge in [0.05, 0.1) is 21.2 Å². The zero-order valence-electron chi connectivity index (χ0n) is 14.7. The molecule has 0 aliphatic heterocycles. The van der Waals surface area contributed by atoms with Crippen LogP contribution >= 0.6 is 34.5 Å². The van der Waals surface area contributed by atoms with Crippen LogP contribution < -0.4 is 0 Å². The topological polar surface area (TPSA) is 52.8 Å². The quantitative estimate of drug-likeness (QED) is 0.239. The Labute approximate surface area is 178 Å². The summed E-state index contributed by atoms with van der Waals surface area (Å²) in [6.07, 6.45) is -3.61. The van der Waals surface area contributed by atoms with Gasteiger partial charge in [0.25, 0.3) is 0 Å². The third kappa shape index (κ3) is 4.86. The number of phenols is 1. The predicted octanol–water partition coefficient (Wildman–Crippen LogP) is 7.26. The zero-order valence-corrected chi connectivity index (χ0v) is 17.0. The van der Waals surface area contributed by atoms with Crippen molar-refractivity contribution in [1.82, 2.24) is 0 Å². The molecule has 0 saturated heterocycles. The van der Waals surface area contributed by atoms with Gasteiger partial charge in [0.2, 0.25) is 0 Å². The molecule has 0 amide bonds. The number of hydrogen-bond donors (Lipinski definition) is 2. The van der Waals surface area contributed by atoms with E-state index < -0.39 is 11.7 Å². The molecule has 0 fully saturated rings. The zero-order chi connectivity index (χ0) is 21.2. The summed E-state index contributed by atoms with van der Waals surface area (Å²) in [7, 11) is 0. The second-order valence-corrected chi connectivity index (χ2v) is 8.00. The van der Waals surface area contributed by atoms with E-state index in [1.54, 1.807) is 18.2 Å². The lowest BCUT2D eigenvalue weighted by atomic mass is 10.1. The predicted molar refractivity (Wildman–Crippen MR) is 110 cm³/mol. The van der Waals surface area contributed by atoms with Crippen molar-refractivity contribution in [3.05, 3.63) is 74.6 Å². The molecule has 2 N–H and O–H groups in total. The first-order chi connectivity index (χ1) is 13.7. The highest BCUT2D eigenvalue weighted by molar-refractivity contribution is 7.17. The standard InChI is InChI=1S/C20H14Cl2F3NO2S/c21-18-12(4-8-15(27)19(18)22)3-7-14(26-28)17-10-9-16(29-17)11-1-5-13(6-2-11)20(23,24)25/h1-2,4-6,8-10,27-28H,3,7H2/b26-14+. The van der Waals surface area contributed by atoms with Gasteiger partial charge in [0.15, 0.2) is 0 Å². The lowest BCUT2D eigenvalue weighted by Gasteiger charge is -2.08. The van der Waals surface area contributed by atoms with Crippen molar-refractivity contribution in [3.63, 3.8) is 0 Å². The van der Waals surface area contributed by atoms with Crippen LogP contribution in [0.4, 0.5) is 13.2 Å². The fourth-order valence-electron chi connectivity index (χ4n) is 2.72. The van der Waals surface area contributed by atoms with Gasteiger partial charge < -0.3 is 10.3 Å². The Morgan fingerprint density at radius 1 is 0.966 bits per heavy atom. The summed E-state index contributed by atoms with van der Waals surface area (Å²) < 4.78 is 38.1. The third-order valence-corrected chi connectivity index (χ3v) is 6.38. The average Bonchev–Trinajstić information content (AvgIpc) is 3.17. The van der Waals surface area contributed by atoms with E-state index in [4.69, 9.17) is 23.2 Å². The van der Waals surface area contributed by atoms with Crippen molar-refractivity contribution < 1.29 is 23.5 Å². The number of oxime groups is 1. The maximum Gasteiger partial charge on any atom is 0.416 e. The Morgan fingerprint density at radius 2 is 1.66 bits per heavy atom. The molecule has 29 heavy (non-hydrogen) atoms. The van der Waals surface area contributed by atoms with E-state index in [0.717, 1.165) is 17.0 Å². The van der Waals surface area contributed by atoms with Crippen molar-refractivity contribution in [3.8, 4) is 16.2 Å². The van der Waals surface area contributed by atoms with Gasteiger partial charge in [-0.25, -0.2) is 0 Å². The van der Waals surface area contributed by atoms with Crippen molar-refractivity contribution >= 4 is 40.3 Å². The maximum absolute atomic E-state index is 12.7. The van der Waals surface area contributed by atoms with E-state index in [9.17, 15) is 23.5 Å². The summed E-state index contributed by atoms with van der Waals surface area (Å²) in [6, 6.07) is 11.5. The van der Waals surface area contributed by atoms with Gasteiger partial charge in [0, 0.05) is 4.88 Å². The van der Waals surface area contributed by atoms with Crippen LogP contribution in [0, 0.1) is 0 Å². The molecular formula is C20H14Cl2F3NO2S. The number of nitrogens with zero attached hydrogens (tertiary/aromatic N) is 1. The molecule has 0 atom stereocenters. The number of aromatic hydroxyl groups is 1. The summed E-state index contributed by atoms with van der Waals surface area (Å²) in [5.41, 5.74) is 1.03. The van der Waals surface area contributed by atoms with E-state index >= 15 is 0 Å². The van der Waals surface area contributed by atoms with Gasteiger partial charge in [-0.2, -0.15) is 13.2 Å². The number of hydrogen-bond acceptors (Lipinski definition) is 4. The summed E-state index contributed by atoms with van der Waals surface area (Å²) in [5.74, 6) is -0.115. The van der Waals surface area contributed by atoms with Crippen LogP contribution in [0.15, 0.2) is 53.7 Å². The number of thiophene rings is 1. The SMILES string of the molecule is O/N=C(\CCc1ccc(O)c(Cl)c1Cl)c1ccc(-c2ccc(C(F)(F)F)cc2)s1. The fraction of sp³-hybridized carbons (Fsp3) is 0.150. The van der Waals surface area contributed by atoms with Crippen LogP contribution in [0.3, 0.4) is 0 Å². The van der Waals surface area contributed by atoms with Crippen LogP contribution in [-0.4, -0.2) is 16.0 Å². The fourth-order valence-corrected chi connectivity index (χ4v) is 4.18. The van der Waals surface area contributed by atoms with E-state index in [2.05, 4.69) is 5.16 Å². The average molecular weight is 460 g/mol. The molecule has 2 aromatic carbocycles. The first-order valence-corrected chi connectivity index (χ1v) is 9.92. The molecule has 0 radical (unpaired) electrons.